The van der Waals surface area contributed by atoms with Crippen molar-refractivity contribution in [3.05, 3.63) is 51.4 Å². The van der Waals surface area contributed by atoms with Crippen LogP contribution in [0.1, 0.15) is 5.56 Å². The van der Waals surface area contributed by atoms with Gasteiger partial charge < -0.3 is 9.55 Å². The van der Waals surface area contributed by atoms with E-state index < -0.39 is 0 Å². The molecular weight excluding hydrogens is 315 g/mol. The number of aromatic nitrogens is 2. The van der Waals surface area contributed by atoms with Gasteiger partial charge in [0.1, 0.15) is 0 Å². The SMILES string of the molecule is Brc1n[c-]n(Cc2ccccc2)c1Br.[Li+]. The minimum atomic E-state index is 0. The molecule has 0 amide bonds. The molecule has 0 aliphatic carbocycles. The molecule has 15 heavy (non-hydrogen) atoms. The van der Waals surface area contributed by atoms with Crippen molar-refractivity contribution in [2.24, 2.45) is 0 Å². The summed E-state index contributed by atoms with van der Waals surface area (Å²) in [7, 11) is 0. The van der Waals surface area contributed by atoms with Gasteiger partial charge in [0.15, 0.2) is 0 Å². The maximum absolute atomic E-state index is 4.02. The first-order chi connectivity index (χ1) is 6.77. The van der Waals surface area contributed by atoms with Gasteiger partial charge in [-0.1, -0.05) is 30.3 Å². The summed E-state index contributed by atoms with van der Waals surface area (Å²) in [4.78, 5) is 4.02. The van der Waals surface area contributed by atoms with Crippen molar-refractivity contribution in [2.75, 3.05) is 0 Å². The summed E-state index contributed by atoms with van der Waals surface area (Å²) in [5.74, 6) is 0. The van der Waals surface area contributed by atoms with E-state index in [1.54, 1.807) is 0 Å². The molecule has 0 unspecified atom stereocenters. The maximum atomic E-state index is 4.02. The molecule has 1 aromatic carbocycles. The Labute approximate surface area is 118 Å². The standard InChI is InChI=1S/C10H7Br2N2.Li/c11-9-10(12)14(7-13-9)6-8-4-2-1-3-5-8;/h1-5H,6H2;/q-1;+1. The molecule has 5 heteroatoms. The number of halogens is 2. The van der Waals surface area contributed by atoms with Gasteiger partial charge in [-0.25, -0.2) is 0 Å². The number of nitrogens with zero attached hydrogens (tertiary/aromatic N) is 2. The Morgan fingerprint density at radius 1 is 1.20 bits per heavy atom. The van der Waals surface area contributed by atoms with Crippen LogP contribution in [-0.4, -0.2) is 9.55 Å². The van der Waals surface area contributed by atoms with E-state index in [1.807, 2.05) is 22.8 Å². The zero-order valence-corrected chi connectivity index (χ0v) is 11.4. The molecule has 0 fully saturated rings. The second kappa shape index (κ2) is 5.91. The Kier molecular flexibility index (Phi) is 5.14. The maximum Gasteiger partial charge on any atom is 1.00 e. The van der Waals surface area contributed by atoms with Crippen LogP contribution in [0.4, 0.5) is 0 Å². The summed E-state index contributed by atoms with van der Waals surface area (Å²) in [6.07, 6.45) is 2.90. The molecule has 0 atom stereocenters. The van der Waals surface area contributed by atoms with Crippen LogP contribution >= 0.6 is 31.9 Å². The molecule has 0 aliphatic heterocycles. The molecule has 0 saturated heterocycles. The van der Waals surface area contributed by atoms with Crippen LogP contribution in [0.25, 0.3) is 0 Å². The molecule has 2 aromatic rings. The van der Waals surface area contributed by atoms with Gasteiger partial charge in [0.05, 0.1) is 0 Å². The van der Waals surface area contributed by atoms with E-state index >= 15 is 0 Å². The molecule has 2 nitrogen and oxygen atoms in total. The largest absolute Gasteiger partial charge is 1.00 e. The molecular formula is C10H7Br2LiN2. The van der Waals surface area contributed by atoms with Crippen molar-refractivity contribution in [1.29, 1.82) is 0 Å². The zero-order chi connectivity index (χ0) is 9.97. The minimum absolute atomic E-state index is 0. The first-order valence-electron chi connectivity index (χ1n) is 4.10. The summed E-state index contributed by atoms with van der Waals surface area (Å²) in [5.41, 5.74) is 1.23. The fourth-order valence-electron chi connectivity index (χ4n) is 1.18. The second-order valence-corrected chi connectivity index (χ2v) is 4.37. The predicted molar refractivity (Wildman–Crippen MR) is 62.0 cm³/mol. The summed E-state index contributed by atoms with van der Waals surface area (Å²) in [6.45, 7) is 0.778. The van der Waals surface area contributed by atoms with Crippen LogP contribution in [0.3, 0.4) is 0 Å². The van der Waals surface area contributed by atoms with Gasteiger partial charge in [-0.15, -0.1) is 31.9 Å². The average molecular weight is 322 g/mol. The van der Waals surface area contributed by atoms with Crippen molar-refractivity contribution >= 4 is 31.9 Å². The van der Waals surface area contributed by atoms with Crippen molar-refractivity contribution in [2.45, 2.75) is 6.54 Å². The summed E-state index contributed by atoms with van der Waals surface area (Å²) < 4.78 is 3.62. The van der Waals surface area contributed by atoms with Gasteiger partial charge >= 0.3 is 18.9 Å². The van der Waals surface area contributed by atoms with E-state index in [9.17, 15) is 0 Å². The van der Waals surface area contributed by atoms with Crippen LogP contribution in [0, 0.1) is 6.33 Å². The molecule has 72 valence electrons. The number of hydrogen-bond donors (Lipinski definition) is 0. The molecule has 1 heterocycles. The fourth-order valence-corrected chi connectivity index (χ4v) is 1.76. The van der Waals surface area contributed by atoms with E-state index in [1.165, 1.54) is 5.56 Å². The topological polar surface area (TPSA) is 17.8 Å². The van der Waals surface area contributed by atoms with E-state index in [0.717, 1.165) is 15.8 Å². The zero-order valence-electron chi connectivity index (χ0n) is 8.24. The first-order valence-corrected chi connectivity index (χ1v) is 5.69. The molecule has 1 aromatic heterocycles. The predicted octanol–water partition coefficient (Wildman–Crippen LogP) is 0.261. The smallest absolute Gasteiger partial charge is 0.437 e. The van der Waals surface area contributed by atoms with Gasteiger partial charge in [0.25, 0.3) is 0 Å². The number of hydrogen-bond acceptors (Lipinski definition) is 1. The summed E-state index contributed by atoms with van der Waals surface area (Å²) >= 11 is 6.75. The van der Waals surface area contributed by atoms with Gasteiger partial charge in [-0.2, -0.15) is 0 Å². The van der Waals surface area contributed by atoms with E-state index in [-0.39, 0.29) is 18.9 Å². The quantitative estimate of drug-likeness (QED) is 0.573. The number of imidazole rings is 1. The molecule has 0 N–H and O–H groups in total. The normalized spacial score (nSPS) is 9.73. The van der Waals surface area contributed by atoms with Gasteiger partial charge in [0.2, 0.25) is 0 Å². The fraction of sp³-hybridized carbons (Fsp3) is 0.100. The second-order valence-electron chi connectivity index (χ2n) is 2.87. The van der Waals surface area contributed by atoms with Crippen molar-refractivity contribution in [1.82, 2.24) is 9.55 Å². The molecule has 0 spiro atoms. The Hall–Kier alpha value is -0.0126. The van der Waals surface area contributed by atoms with Gasteiger partial charge in [0, 0.05) is 12.9 Å². The Balaban J connectivity index is 0.00000112. The van der Waals surface area contributed by atoms with Crippen LogP contribution in [0.15, 0.2) is 39.5 Å². The van der Waals surface area contributed by atoms with E-state index in [2.05, 4.69) is 55.3 Å². The Morgan fingerprint density at radius 3 is 2.40 bits per heavy atom. The van der Waals surface area contributed by atoms with E-state index in [4.69, 9.17) is 0 Å². The molecule has 0 saturated carbocycles. The summed E-state index contributed by atoms with van der Waals surface area (Å²) in [5, 5.41) is 0. The van der Waals surface area contributed by atoms with Crippen LogP contribution in [0.2, 0.25) is 0 Å². The Morgan fingerprint density at radius 2 is 1.87 bits per heavy atom. The molecule has 0 radical (unpaired) electrons. The average Bonchev–Trinajstić information content (AvgIpc) is 2.52. The van der Waals surface area contributed by atoms with Gasteiger partial charge in [-0.05, 0) is 14.8 Å². The van der Waals surface area contributed by atoms with E-state index in [0.29, 0.717) is 0 Å². The van der Waals surface area contributed by atoms with Crippen LogP contribution in [0.5, 0.6) is 0 Å². The Bertz CT molecular complexity index is 428. The first kappa shape index (κ1) is 13.1. The summed E-state index contributed by atoms with van der Waals surface area (Å²) in [6, 6.07) is 10.2. The number of rotatable bonds is 2. The third kappa shape index (κ3) is 3.22. The van der Waals surface area contributed by atoms with Gasteiger partial charge in [-0.3, -0.25) is 0 Å². The van der Waals surface area contributed by atoms with Crippen LogP contribution < -0.4 is 18.9 Å². The van der Waals surface area contributed by atoms with Crippen molar-refractivity contribution < 1.29 is 18.9 Å². The number of benzene rings is 1. The third-order valence-corrected chi connectivity index (χ3v) is 3.75. The van der Waals surface area contributed by atoms with Crippen molar-refractivity contribution in [3.8, 4) is 0 Å². The third-order valence-electron chi connectivity index (χ3n) is 1.86. The van der Waals surface area contributed by atoms with Crippen LogP contribution in [-0.2, 0) is 6.54 Å². The molecule has 0 bridgehead atoms. The minimum Gasteiger partial charge on any atom is -0.437 e. The molecule has 0 aliphatic rings. The monoisotopic (exact) mass is 320 g/mol. The molecule has 2 rings (SSSR count). The van der Waals surface area contributed by atoms with Crippen molar-refractivity contribution in [3.63, 3.8) is 0 Å².